The zero-order chi connectivity index (χ0) is 9.52. The standard InChI is InChI=1S/C12H14N/c1-2-3-4-5-11-6-8-12(10-13)9-7-11/h5-9H,2-4H2,1H3. The van der Waals surface area contributed by atoms with Crippen LogP contribution >= 0.6 is 0 Å². The average molecular weight is 172 g/mol. The van der Waals surface area contributed by atoms with Crippen molar-refractivity contribution >= 4 is 0 Å². The molecule has 0 aromatic heterocycles. The van der Waals surface area contributed by atoms with Gasteiger partial charge in [0.15, 0.2) is 0 Å². The Morgan fingerprint density at radius 2 is 2.00 bits per heavy atom. The van der Waals surface area contributed by atoms with Gasteiger partial charge in [-0.05, 0) is 30.5 Å². The number of nitriles is 1. The molecule has 0 saturated heterocycles. The Labute approximate surface area is 80.0 Å². The predicted molar refractivity (Wildman–Crippen MR) is 54.1 cm³/mol. The molecule has 0 N–H and O–H groups in total. The molecule has 0 heterocycles. The van der Waals surface area contributed by atoms with Crippen molar-refractivity contribution in [1.29, 1.82) is 5.26 Å². The fraction of sp³-hybridized carbons (Fsp3) is 0.333. The van der Waals surface area contributed by atoms with Crippen molar-refractivity contribution in [3.8, 4) is 6.07 Å². The summed E-state index contributed by atoms with van der Waals surface area (Å²) >= 11 is 0. The first-order chi connectivity index (χ1) is 6.36. The molecule has 0 aliphatic carbocycles. The van der Waals surface area contributed by atoms with E-state index in [1.165, 1.54) is 18.4 Å². The van der Waals surface area contributed by atoms with Gasteiger partial charge in [-0.25, -0.2) is 0 Å². The molecule has 1 aromatic carbocycles. The van der Waals surface area contributed by atoms with Gasteiger partial charge in [0.2, 0.25) is 0 Å². The molecule has 0 atom stereocenters. The summed E-state index contributed by atoms with van der Waals surface area (Å²) in [5, 5.41) is 8.58. The van der Waals surface area contributed by atoms with Crippen molar-refractivity contribution in [1.82, 2.24) is 0 Å². The van der Waals surface area contributed by atoms with Gasteiger partial charge in [0.1, 0.15) is 0 Å². The van der Waals surface area contributed by atoms with Crippen LogP contribution in [0.15, 0.2) is 24.3 Å². The zero-order valence-electron chi connectivity index (χ0n) is 7.96. The van der Waals surface area contributed by atoms with Gasteiger partial charge in [0, 0.05) is 0 Å². The molecule has 0 spiro atoms. The largest absolute Gasteiger partial charge is 0.192 e. The highest BCUT2D eigenvalue weighted by atomic mass is 14.2. The average Bonchev–Trinajstić information content (AvgIpc) is 2.19. The van der Waals surface area contributed by atoms with Gasteiger partial charge in [-0.2, -0.15) is 5.26 Å². The van der Waals surface area contributed by atoms with Crippen molar-refractivity contribution in [3.63, 3.8) is 0 Å². The lowest BCUT2D eigenvalue weighted by molar-refractivity contribution is 0.791. The van der Waals surface area contributed by atoms with Crippen LogP contribution in [0, 0.1) is 17.8 Å². The van der Waals surface area contributed by atoms with Crippen molar-refractivity contribution in [2.45, 2.75) is 26.2 Å². The zero-order valence-corrected chi connectivity index (χ0v) is 7.96. The molecular formula is C12H14N. The van der Waals surface area contributed by atoms with Gasteiger partial charge in [-0.15, -0.1) is 0 Å². The minimum atomic E-state index is 0.729. The summed E-state index contributed by atoms with van der Waals surface area (Å²) < 4.78 is 0. The van der Waals surface area contributed by atoms with Crippen molar-refractivity contribution in [2.75, 3.05) is 0 Å². The lowest BCUT2D eigenvalue weighted by atomic mass is 10.1. The van der Waals surface area contributed by atoms with E-state index >= 15 is 0 Å². The maximum Gasteiger partial charge on any atom is 0.0991 e. The molecule has 1 radical (unpaired) electrons. The van der Waals surface area contributed by atoms with E-state index in [0.717, 1.165) is 12.0 Å². The minimum absolute atomic E-state index is 0.729. The van der Waals surface area contributed by atoms with Gasteiger partial charge in [0.25, 0.3) is 0 Å². The summed E-state index contributed by atoms with van der Waals surface area (Å²) in [6.45, 7) is 2.19. The second kappa shape index (κ2) is 5.37. The van der Waals surface area contributed by atoms with E-state index < -0.39 is 0 Å². The summed E-state index contributed by atoms with van der Waals surface area (Å²) in [5.41, 5.74) is 1.94. The fourth-order valence-corrected chi connectivity index (χ4v) is 1.17. The molecular weight excluding hydrogens is 158 g/mol. The molecule has 0 aliphatic rings. The number of unbranched alkanes of at least 4 members (excludes halogenated alkanes) is 2. The quantitative estimate of drug-likeness (QED) is 0.639. The van der Waals surface area contributed by atoms with Crippen molar-refractivity contribution in [3.05, 3.63) is 41.8 Å². The van der Waals surface area contributed by atoms with E-state index in [0.29, 0.717) is 0 Å². The van der Waals surface area contributed by atoms with Crippen LogP contribution in [0.1, 0.15) is 37.3 Å². The van der Waals surface area contributed by atoms with E-state index in [2.05, 4.69) is 19.4 Å². The van der Waals surface area contributed by atoms with E-state index in [9.17, 15) is 0 Å². The number of nitrogens with zero attached hydrogens (tertiary/aromatic N) is 1. The van der Waals surface area contributed by atoms with E-state index in [1.54, 1.807) is 0 Å². The number of hydrogen-bond donors (Lipinski definition) is 0. The van der Waals surface area contributed by atoms with Gasteiger partial charge in [-0.1, -0.05) is 31.9 Å². The first-order valence-corrected chi connectivity index (χ1v) is 4.70. The SMILES string of the molecule is CCCC[CH]c1ccc(C#N)cc1. The smallest absolute Gasteiger partial charge is 0.0991 e. The highest BCUT2D eigenvalue weighted by molar-refractivity contribution is 5.34. The number of benzene rings is 1. The third-order valence-electron chi connectivity index (χ3n) is 1.98. The number of hydrogen-bond acceptors (Lipinski definition) is 1. The predicted octanol–water partition coefficient (Wildman–Crippen LogP) is 3.30. The van der Waals surface area contributed by atoms with Crippen LogP contribution in [-0.2, 0) is 0 Å². The lowest BCUT2D eigenvalue weighted by Gasteiger charge is -1.99. The minimum Gasteiger partial charge on any atom is -0.192 e. The topological polar surface area (TPSA) is 23.8 Å². The second-order valence-corrected chi connectivity index (χ2v) is 3.08. The molecule has 13 heavy (non-hydrogen) atoms. The van der Waals surface area contributed by atoms with E-state index in [1.807, 2.05) is 24.3 Å². The molecule has 0 unspecified atom stereocenters. The Kier molecular flexibility index (Phi) is 4.05. The van der Waals surface area contributed by atoms with Crippen LogP contribution in [0.3, 0.4) is 0 Å². The summed E-state index contributed by atoms with van der Waals surface area (Å²) in [4.78, 5) is 0. The molecule has 1 rings (SSSR count). The van der Waals surface area contributed by atoms with Crippen LogP contribution in [0.2, 0.25) is 0 Å². The molecule has 1 nitrogen and oxygen atoms in total. The van der Waals surface area contributed by atoms with Crippen molar-refractivity contribution in [2.24, 2.45) is 0 Å². The first-order valence-electron chi connectivity index (χ1n) is 4.70. The van der Waals surface area contributed by atoms with Gasteiger partial charge in [0.05, 0.1) is 11.6 Å². The molecule has 0 amide bonds. The monoisotopic (exact) mass is 172 g/mol. The normalized spacial score (nSPS) is 9.54. The first kappa shape index (κ1) is 9.80. The summed E-state index contributed by atoms with van der Waals surface area (Å²) in [6, 6.07) is 9.81. The fourth-order valence-electron chi connectivity index (χ4n) is 1.17. The van der Waals surface area contributed by atoms with Gasteiger partial charge < -0.3 is 0 Å². The molecule has 0 bridgehead atoms. The Bertz CT molecular complexity index is 279. The Morgan fingerprint density at radius 1 is 1.31 bits per heavy atom. The maximum atomic E-state index is 8.58. The highest BCUT2D eigenvalue weighted by Crippen LogP contribution is 2.09. The van der Waals surface area contributed by atoms with Crippen molar-refractivity contribution < 1.29 is 0 Å². The second-order valence-electron chi connectivity index (χ2n) is 3.08. The van der Waals surface area contributed by atoms with E-state index in [4.69, 9.17) is 5.26 Å². The Balaban J connectivity index is 2.46. The Hall–Kier alpha value is -1.29. The van der Waals surface area contributed by atoms with Gasteiger partial charge in [-0.3, -0.25) is 0 Å². The molecule has 1 aromatic rings. The van der Waals surface area contributed by atoms with Crippen LogP contribution < -0.4 is 0 Å². The van der Waals surface area contributed by atoms with Crippen LogP contribution in [0.5, 0.6) is 0 Å². The molecule has 0 fully saturated rings. The lowest BCUT2D eigenvalue weighted by Crippen LogP contribution is -1.82. The van der Waals surface area contributed by atoms with E-state index in [-0.39, 0.29) is 0 Å². The van der Waals surface area contributed by atoms with Crippen LogP contribution in [-0.4, -0.2) is 0 Å². The van der Waals surface area contributed by atoms with Gasteiger partial charge >= 0.3 is 0 Å². The highest BCUT2D eigenvalue weighted by Gasteiger charge is 1.93. The van der Waals surface area contributed by atoms with Crippen LogP contribution in [0.4, 0.5) is 0 Å². The molecule has 67 valence electrons. The molecule has 1 heteroatoms. The van der Waals surface area contributed by atoms with Crippen LogP contribution in [0.25, 0.3) is 0 Å². The molecule has 0 saturated carbocycles. The third-order valence-corrected chi connectivity index (χ3v) is 1.98. The summed E-state index contributed by atoms with van der Waals surface area (Å²) in [5.74, 6) is 0. The summed E-state index contributed by atoms with van der Waals surface area (Å²) in [7, 11) is 0. The maximum absolute atomic E-state index is 8.58. The number of rotatable bonds is 4. The summed E-state index contributed by atoms with van der Waals surface area (Å²) in [6.07, 6.45) is 5.81. The third kappa shape index (κ3) is 3.29. The Morgan fingerprint density at radius 3 is 2.54 bits per heavy atom. The molecule has 0 aliphatic heterocycles.